The minimum Gasteiger partial charge on any atom is -0.289 e. The number of aliphatic imine (C=N–C) groups is 1. The van der Waals surface area contributed by atoms with Crippen molar-refractivity contribution in [3.63, 3.8) is 0 Å². The highest BCUT2D eigenvalue weighted by Gasteiger charge is 2.28. The smallest absolute Gasteiger partial charge is 0.0572 e. The van der Waals surface area contributed by atoms with Gasteiger partial charge in [-0.05, 0) is 37.0 Å². The lowest BCUT2D eigenvalue weighted by atomic mass is 9.74. The van der Waals surface area contributed by atoms with E-state index in [0.717, 1.165) is 18.4 Å². The molecule has 1 nitrogen and oxygen atoms in total. The van der Waals surface area contributed by atoms with Gasteiger partial charge in [0.25, 0.3) is 0 Å². The summed E-state index contributed by atoms with van der Waals surface area (Å²) in [5.74, 6) is 3.10. The largest absolute Gasteiger partial charge is 0.289 e. The van der Waals surface area contributed by atoms with E-state index in [-0.39, 0.29) is 0 Å². The molecule has 0 N–H and O–H groups in total. The van der Waals surface area contributed by atoms with Gasteiger partial charge in [-0.15, -0.1) is 0 Å². The number of rotatable bonds is 2. The molecule has 2 atom stereocenters. The zero-order chi connectivity index (χ0) is 13.1. The fourth-order valence-electron chi connectivity index (χ4n) is 3.65. The number of allylic oxidation sites excluding steroid dienone is 1. The van der Waals surface area contributed by atoms with E-state index in [2.05, 4.69) is 33.8 Å². The lowest BCUT2D eigenvalue weighted by Gasteiger charge is -2.32. The Morgan fingerprint density at radius 2 is 1.89 bits per heavy atom. The lowest BCUT2D eigenvalue weighted by Crippen LogP contribution is -2.27. The van der Waals surface area contributed by atoms with Crippen LogP contribution in [0.2, 0.25) is 0 Å². The Labute approximate surface area is 113 Å². The van der Waals surface area contributed by atoms with Crippen LogP contribution < -0.4 is 0 Å². The highest BCUT2D eigenvalue weighted by Crippen LogP contribution is 2.36. The number of hydrogen-bond donors (Lipinski definition) is 0. The summed E-state index contributed by atoms with van der Waals surface area (Å²) in [5.41, 5.74) is 3.19. The molecule has 2 unspecified atom stereocenters. The SMILES string of the molecule is CC(C)C1=NCC=C2CCC(C(C)C)CCCC21. The van der Waals surface area contributed by atoms with Crippen LogP contribution >= 0.6 is 0 Å². The summed E-state index contributed by atoms with van der Waals surface area (Å²) in [6.07, 6.45) is 9.28. The molecule has 102 valence electrons. The highest BCUT2D eigenvalue weighted by atomic mass is 14.8. The number of dihydropyridines is 1. The minimum atomic E-state index is 0.624. The van der Waals surface area contributed by atoms with Gasteiger partial charge >= 0.3 is 0 Å². The van der Waals surface area contributed by atoms with Crippen molar-refractivity contribution in [3.05, 3.63) is 11.6 Å². The van der Waals surface area contributed by atoms with E-state index in [1.807, 2.05) is 0 Å². The van der Waals surface area contributed by atoms with Crippen LogP contribution in [-0.4, -0.2) is 12.3 Å². The molecule has 2 rings (SSSR count). The molecule has 1 aliphatic heterocycles. The zero-order valence-electron chi connectivity index (χ0n) is 12.6. The first-order valence-electron chi connectivity index (χ1n) is 7.82. The van der Waals surface area contributed by atoms with Crippen LogP contribution in [0.15, 0.2) is 16.6 Å². The minimum absolute atomic E-state index is 0.624. The van der Waals surface area contributed by atoms with Crippen molar-refractivity contribution in [2.24, 2.45) is 28.7 Å². The topological polar surface area (TPSA) is 12.4 Å². The highest BCUT2D eigenvalue weighted by molar-refractivity contribution is 5.91. The van der Waals surface area contributed by atoms with Crippen LogP contribution in [-0.2, 0) is 0 Å². The van der Waals surface area contributed by atoms with Crippen LogP contribution in [0, 0.1) is 23.7 Å². The molecular formula is C17H29N. The van der Waals surface area contributed by atoms with Crippen LogP contribution in [0.4, 0.5) is 0 Å². The van der Waals surface area contributed by atoms with Crippen LogP contribution in [0.1, 0.15) is 59.8 Å². The Hall–Kier alpha value is -0.590. The van der Waals surface area contributed by atoms with Crippen molar-refractivity contribution in [2.45, 2.75) is 59.8 Å². The van der Waals surface area contributed by atoms with E-state index >= 15 is 0 Å². The van der Waals surface area contributed by atoms with Gasteiger partial charge < -0.3 is 0 Å². The maximum Gasteiger partial charge on any atom is 0.0572 e. The Morgan fingerprint density at radius 3 is 2.56 bits per heavy atom. The second kappa shape index (κ2) is 6.04. The van der Waals surface area contributed by atoms with Crippen molar-refractivity contribution >= 4 is 5.71 Å². The average Bonchev–Trinajstić information content (AvgIpc) is 2.28. The first-order valence-corrected chi connectivity index (χ1v) is 7.82. The van der Waals surface area contributed by atoms with Crippen molar-refractivity contribution in [1.82, 2.24) is 0 Å². The Balaban J connectivity index is 2.07. The Kier molecular flexibility index (Phi) is 4.64. The van der Waals surface area contributed by atoms with E-state index in [0.29, 0.717) is 11.8 Å². The molecule has 0 radical (unpaired) electrons. The molecule has 1 fully saturated rings. The number of fused-ring (bicyclic) bond motifs is 1. The van der Waals surface area contributed by atoms with Crippen LogP contribution in [0.25, 0.3) is 0 Å². The second-order valence-electron chi connectivity index (χ2n) is 6.73. The first-order chi connectivity index (χ1) is 8.59. The lowest BCUT2D eigenvalue weighted by molar-refractivity contribution is 0.307. The van der Waals surface area contributed by atoms with E-state index in [4.69, 9.17) is 4.99 Å². The monoisotopic (exact) mass is 247 g/mol. The summed E-state index contributed by atoms with van der Waals surface area (Å²) in [6.45, 7) is 10.3. The number of nitrogens with zero attached hydrogens (tertiary/aromatic N) is 1. The molecule has 0 amide bonds. The van der Waals surface area contributed by atoms with E-state index in [1.165, 1.54) is 37.8 Å². The fourth-order valence-corrected chi connectivity index (χ4v) is 3.65. The molecule has 0 aromatic heterocycles. The van der Waals surface area contributed by atoms with Crippen LogP contribution in [0.3, 0.4) is 0 Å². The molecule has 2 aliphatic rings. The van der Waals surface area contributed by atoms with Crippen molar-refractivity contribution in [1.29, 1.82) is 0 Å². The molecule has 0 aromatic rings. The third-order valence-corrected chi connectivity index (χ3v) is 4.84. The molecular weight excluding hydrogens is 218 g/mol. The summed E-state index contributed by atoms with van der Waals surface area (Å²) in [6, 6.07) is 0. The quantitative estimate of drug-likeness (QED) is 0.617. The van der Waals surface area contributed by atoms with Crippen molar-refractivity contribution in [2.75, 3.05) is 6.54 Å². The molecule has 1 heterocycles. The Bertz CT molecular complexity index is 336. The maximum absolute atomic E-state index is 4.78. The molecule has 18 heavy (non-hydrogen) atoms. The van der Waals surface area contributed by atoms with Gasteiger partial charge in [0.2, 0.25) is 0 Å². The van der Waals surface area contributed by atoms with E-state index in [9.17, 15) is 0 Å². The average molecular weight is 247 g/mol. The van der Waals surface area contributed by atoms with Gasteiger partial charge in [0.1, 0.15) is 0 Å². The number of hydrogen-bond acceptors (Lipinski definition) is 1. The molecule has 0 aromatic carbocycles. The molecule has 0 saturated heterocycles. The van der Waals surface area contributed by atoms with Crippen molar-refractivity contribution < 1.29 is 0 Å². The summed E-state index contributed by atoms with van der Waals surface area (Å²) >= 11 is 0. The Morgan fingerprint density at radius 1 is 1.11 bits per heavy atom. The summed E-state index contributed by atoms with van der Waals surface area (Å²) in [4.78, 5) is 4.78. The molecule has 1 aliphatic carbocycles. The van der Waals surface area contributed by atoms with Crippen LogP contribution in [0.5, 0.6) is 0 Å². The standard InChI is InChI=1S/C17H29N/c1-12(2)14-6-5-7-16-15(9-8-14)10-11-18-17(16)13(3)4/h10,12-14,16H,5-9,11H2,1-4H3. The maximum atomic E-state index is 4.78. The fraction of sp³-hybridized carbons (Fsp3) is 0.824. The van der Waals surface area contributed by atoms with Crippen molar-refractivity contribution in [3.8, 4) is 0 Å². The molecule has 0 bridgehead atoms. The third kappa shape index (κ3) is 3.05. The predicted octanol–water partition coefficient (Wildman–Crippen LogP) is 4.88. The van der Waals surface area contributed by atoms with Gasteiger partial charge in [-0.25, -0.2) is 0 Å². The molecule has 1 saturated carbocycles. The van der Waals surface area contributed by atoms with Gasteiger partial charge in [0.15, 0.2) is 0 Å². The summed E-state index contributed by atoms with van der Waals surface area (Å²) in [5, 5.41) is 0. The zero-order valence-corrected chi connectivity index (χ0v) is 12.6. The van der Waals surface area contributed by atoms with E-state index in [1.54, 1.807) is 5.57 Å². The first kappa shape index (κ1) is 13.8. The third-order valence-electron chi connectivity index (χ3n) is 4.84. The van der Waals surface area contributed by atoms with Gasteiger partial charge in [-0.2, -0.15) is 0 Å². The normalized spacial score (nSPS) is 29.4. The predicted molar refractivity (Wildman–Crippen MR) is 80.1 cm³/mol. The summed E-state index contributed by atoms with van der Waals surface area (Å²) in [7, 11) is 0. The molecule has 0 spiro atoms. The van der Waals surface area contributed by atoms with Gasteiger partial charge in [0, 0.05) is 11.6 Å². The summed E-state index contributed by atoms with van der Waals surface area (Å²) < 4.78 is 0. The van der Waals surface area contributed by atoms with Gasteiger partial charge in [-0.3, -0.25) is 4.99 Å². The van der Waals surface area contributed by atoms with Gasteiger partial charge in [0.05, 0.1) is 6.54 Å². The molecule has 1 heteroatoms. The van der Waals surface area contributed by atoms with E-state index < -0.39 is 0 Å². The second-order valence-corrected chi connectivity index (χ2v) is 6.73. The van der Waals surface area contributed by atoms with Gasteiger partial charge in [-0.1, -0.05) is 52.2 Å².